The standard InChI is InChI=1S/2C8H10FN/c1-6(2)8-4-3-7(9)5-10-8;1-6(2)7-4-3-5-8(9)10-7/h2*3-6H,1-2H3. The van der Waals surface area contributed by atoms with Crippen LogP contribution < -0.4 is 0 Å². The van der Waals surface area contributed by atoms with Crippen molar-refractivity contribution in [1.29, 1.82) is 0 Å². The highest BCUT2D eigenvalue weighted by molar-refractivity contribution is 5.08. The third kappa shape index (κ3) is 5.43. The summed E-state index contributed by atoms with van der Waals surface area (Å²) in [6.45, 7) is 8.03. The lowest BCUT2D eigenvalue weighted by Gasteiger charge is -2.01. The zero-order chi connectivity index (χ0) is 15.1. The van der Waals surface area contributed by atoms with Gasteiger partial charge in [0.25, 0.3) is 0 Å². The molecule has 0 aromatic carbocycles. The molecule has 0 unspecified atom stereocenters. The van der Waals surface area contributed by atoms with Crippen molar-refractivity contribution in [2.75, 3.05) is 0 Å². The first-order valence-electron chi connectivity index (χ1n) is 6.64. The Hall–Kier alpha value is -1.84. The van der Waals surface area contributed by atoms with Crippen LogP contribution in [-0.2, 0) is 0 Å². The van der Waals surface area contributed by atoms with E-state index in [0.29, 0.717) is 11.8 Å². The van der Waals surface area contributed by atoms with Crippen LogP contribution >= 0.6 is 0 Å². The highest BCUT2D eigenvalue weighted by Crippen LogP contribution is 2.10. The lowest BCUT2D eigenvalue weighted by Crippen LogP contribution is -1.93. The van der Waals surface area contributed by atoms with E-state index in [1.165, 1.54) is 18.3 Å². The van der Waals surface area contributed by atoms with Crippen LogP contribution in [0.1, 0.15) is 50.9 Å². The van der Waals surface area contributed by atoms with Crippen LogP contribution in [-0.4, -0.2) is 9.97 Å². The summed E-state index contributed by atoms with van der Waals surface area (Å²) in [7, 11) is 0. The predicted octanol–water partition coefficient (Wildman–Crippen LogP) is 4.69. The van der Waals surface area contributed by atoms with E-state index in [4.69, 9.17) is 0 Å². The van der Waals surface area contributed by atoms with E-state index < -0.39 is 5.95 Å². The van der Waals surface area contributed by atoms with E-state index >= 15 is 0 Å². The van der Waals surface area contributed by atoms with E-state index in [9.17, 15) is 8.78 Å². The van der Waals surface area contributed by atoms with E-state index in [1.54, 1.807) is 12.1 Å². The summed E-state index contributed by atoms with van der Waals surface area (Å²) < 4.78 is 24.7. The average Bonchev–Trinajstić information content (AvgIpc) is 2.40. The summed E-state index contributed by atoms with van der Waals surface area (Å²) in [6, 6.07) is 8.00. The maximum Gasteiger partial charge on any atom is 0.213 e. The molecular weight excluding hydrogens is 258 g/mol. The molecule has 0 aliphatic carbocycles. The van der Waals surface area contributed by atoms with Crippen molar-refractivity contribution in [1.82, 2.24) is 9.97 Å². The molecule has 0 radical (unpaired) electrons. The van der Waals surface area contributed by atoms with Gasteiger partial charge in [-0.15, -0.1) is 0 Å². The van der Waals surface area contributed by atoms with Gasteiger partial charge in [0.15, 0.2) is 0 Å². The first-order valence-corrected chi connectivity index (χ1v) is 6.64. The molecule has 0 atom stereocenters. The van der Waals surface area contributed by atoms with Gasteiger partial charge in [-0.2, -0.15) is 4.39 Å². The van der Waals surface area contributed by atoms with Gasteiger partial charge in [0.05, 0.1) is 6.20 Å². The van der Waals surface area contributed by atoms with Gasteiger partial charge in [-0.25, -0.2) is 9.37 Å². The van der Waals surface area contributed by atoms with Gasteiger partial charge in [0.2, 0.25) is 5.95 Å². The monoisotopic (exact) mass is 278 g/mol. The van der Waals surface area contributed by atoms with Crippen LogP contribution in [0.5, 0.6) is 0 Å². The maximum atomic E-state index is 12.4. The second kappa shape index (κ2) is 7.68. The molecule has 0 bridgehead atoms. The smallest absolute Gasteiger partial charge is 0.213 e. The van der Waals surface area contributed by atoms with Crippen LogP contribution in [0.15, 0.2) is 36.5 Å². The zero-order valence-corrected chi connectivity index (χ0v) is 12.3. The van der Waals surface area contributed by atoms with Crippen molar-refractivity contribution < 1.29 is 8.78 Å². The fourth-order valence-electron chi connectivity index (χ4n) is 1.47. The molecule has 0 fully saturated rings. The largest absolute Gasteiger partial charge is 0.258 e. The van der Waals surface area contributed by atoms with Crippen molar-refractivity contribution in [3.63, 3.8) is 0 Å². The Labute approximate surface area is 118 Å². The molecule has 2 aromatic heterocycles. The van der Waals surface area contributed by atoms with E-state index in [1.807, 2.05) is 33.8 Å². The Morgan fingerprint density at radius 2 is 1.50 bits per heavy atom. The number of halogens is 2. The van der Waals surface area contributed by atoms with Gasteiger partial charge in [-0.1, -0.05) is 33.8 Å². The number of nitrogens with zero attached hydrogens (tertiary/aromatic N) is 2. The second-order valence-corrected chi connectivity index (χ2v) is 5.10. The lowest BCUT2D eigenvalue weighted by atomic mass is 10.1. The molecule has 0 aliphatic rings. The van der Waals surface area contributed by atoms with Gasteiger partial charge in [-0.05, 0) is 36.1 Å². The summed E-state index contributed by atoms with van der Waals surface area (Å²) in [6.07, 6.45) is 1.25. The summed E-state index contributed by atoms with van der Waals surface area (Å²) in [4.78, 5) is 7.61. The minimum atomic E-state index is -0.397. The summed E-state index contributed by atoms with van der Waals surface area (Å²) in [5.74, 6) is 0.00639. The minimum absolute atomic E-state index is 0.274. The average molecular weight is 278 g/mol. The maximum absolute atomic E-state index is 12.4. The number of hydrogen-bond acceptors (Lipinski definition) is 2. The molecule has 108 valence electrons. The van der Waals surface area contributed by atoms with Gasteiger partial charge in [0, 0.05) is 11.4 Å². The van der Waals surface area contributed by atoms with Crippen LogP contribution in [0.4, 0.5) is 8.78 Å². The van der Waals surface area contributed by atoms with Gasteiger partial charge < -0.3 is 0 Å². The normalized spacial score (nSPS) is 10.4. The van der Waals surface area contributed by atoms with Crippen molar-refractivity contribution in [2.45, 2.75) is 39.5 Å². The molecule has 2 nitrogen and oxygen atoms in total. The number of hydrogen-bond donors (Lipinski definition) is 0. The van der Waals surface area contributed by atoms with Crippen LogP contribution in [0, 0.1) is 11.8 Å². The molecule has 0 spiro atoms. The highest BCUT2D eigenvalue weighted by atomic mass is 19.1. The molecule has 2 aromatic rings. The lowest BCUT2D eigenvalue weighted by molar-refractivity contribution is 0.571. The summed E-state index contributed by atoms with van der Waals surface area (Å²) >= 11 is 0. The summed E-state index contributed by atoms with van der Waals surface area (Å²) in [5, 5.41) is 0. The Kier molecular flexibility index (Phi) is 6.22. The van der Waals surface area contributed by atoms with Crippen molar-refractivity contribution >= 4 is 0 Å². The molecule has 0 N–H and O–H groups in total. The third-order valence-corrected chi connectivity index (χ3v) is 2.67. The minimum Gasteiger partial charge on any atom is -0.258 e. The molecule has 2 rings (SSSR count). The molecule has 20 heavy (non-hydrogen) atoms. The molecule has 0 aliphatic heterocycles. The van der Waals surface area contributed by atoms with Gasteiger partial charge >= 0.3 is 0 Å². The molecule has 0 saturated heterocycles. The fourth-order valence-corrected chi connectivity index (χ4v) is 1.47. The van der Waals surface area contributed by atoms with Crippen LogP contribution in [0.2, 0.25) is 0 Å². The second-order valence-electron chi connectivity index (χ2n) is 5.10. The predicted molar refractivity (Wildman–Crippen MR) is 76.6 cm³/mol. The molecule has 0 saturated carbocycles. The highest BCUT2D eigenvalue weighted by Gasteiger charge is 2.00. The Morgan fingerprint density at radius 3 is 1.90 bits per heavy atom. The van der Waals surface area contributed by atoms with Crippen molar-refractivity contribution in [2.24, 2.45) is 0 Å². The fraction of sp³-hybridized carbons (Fsp3) is 0.375. The third-order valence-electron chi connectivity index (χ3n) is 2.67. The van der Waals surface area contributed by atoms with Crippen LogP contribution in [0.25, 0.3) is 0 Å². The summed E-state index contributed by atoms with van der Waals surface area (Å²) in [5.41, 5.74) is 1.74. The zero-order valence-electron chi connectivity index (χ0n) is 12.3. The van der Waals surface area contributed by atoms with E-state index in [0.717, 1.165) is 11.4 Å². The SMILES string of the molecule is CC(C)c1ccc(F)cn1.CC(C)c1cccc(F)n1. The topological polar surface area (TPSA) is 25.8 Å². The molecular formula is C16H20F2N2. The molecule has 4 heteroatoms. The molecule has 2 heterocycles. The van der Waals surface area contributed by atoms with Gasteiger partial charge in [-0.3, -0.25) is 4.98 Å². The van der Waals surface area contributed by atoms with Gasteiger partial charge in [0.1, 0.15) is 5.82 Å². The Morgan fingerprint density at radius 1 is 0.850 bits per heavy atom. The molecule has 0 amide bonds. The Balaban J connectivity index is 0.000000200. The number of aromatic nitrogens is 2. The van der Waals surface area contributed by atoms with Crippen molar-refractivity contribution in [3.05, 3.63) is 59.7 Å². The number of rotatable bonds is 2. The van der Waals surface area contributed by atoms with E-state index in [-0.39, 0.29) is 5.82 Å². The Bertz CT molecular complexity index is 522. The first-order chi connectivity index (χ1) is 9.40. The first kappa shape index (κ1) is 16.2. The van der Waals surface area contributed by atoms with Crippen LogP contribution in [0.3, 0.4) is 0 Å². The number of pyridine rings is 2. The quantitative estimate of drug-likeness (QED) is 0.745. The van der Waals surface area contributed by atoms with E-state index in [2.05, 4.69) is 9.97 Å². The van der Waals surface area contributed by atoms with Crippen molar-refractivity contribution in [3.8, 4) is 0 Å².